The molecule has 0 aromatic carbocycles. The van der Waals surface area contributed by atoms with Crippen LogP contribution in [0.3, 0.4) is 0 Å². The molecule has 7 heteroatoms. The van der Waals surface area contributed by atoms with E-state index in [0.29, 0.717) is 11.7 Å². The highest BCUT2D eigenvalue weighted by Crippen LogP contribution is 2.32. The standard InChI is InChI=1S/C14H21N3O2S.ClH/c1-8-2-4-10-12(6-8)20-14(16-10)17-13(18)11-5-3-9(7-15)19-11;/h8-9,11H,2-7,15H2,1H3,(H,16,17,18);1H/t8?,9-,11+;/m1./s1. The highest BCUT2D eigenvalue weighted by atomic mass is 35.5. The molecule has 21 heavy (non-hydrogen) atoms. The summed E-state index contributed by atoms with van der Waals surface area (Å²) in [6, 6.07) is 0. The van der Waals surface area contributed by atoms with E-state index in [9.17, 15) is 4.79 Å². The predicted octanol–water partition coefficient (Wildman–Crippen LogP) is 2.13. The number of carbonyl (C=O) groups is 1. The SMILES string of the molecule is CC1CCc2nc(NC(=O)[C@@H]3CC[C@H](CN)O3)sc2C1.Cl. The van der Waals surface area contributed by atoms with Gasteiger partial charge in [-0.25, -0.2) is 4.98 Å². The van der Waals surface area contributed by atoms with Gasteiger partial charge >= 0.3 is 0 Å². The summed E-state index contributed by atoms with van der Waals surface area (Å²) >= 11 is 1.61. The fourth-order valence-electron chi connectivity index (χ4n) is 2.85. The Balaban J connectivity index is 0.00000161. The minimum Gasteiger partial charge on any atom is -0.364 e. The van der Waals surface area contributed by atoms with Gasteiger partial charge in [-0.2, -0.15) is 0 Å². The number of nitrogens with two attached hydrogens (primary N) is 1. The van der Waals surface area contributed by atoms with Gasteiger partial charge in [0.15, 0.2) is 5.13 Å². The van der Waals surface area contributed by atoms with Gasteiger partial charge in [-0.3, -0.25) is 10.1 Å². The van der Waals surface area contributed by atoms with Gasteiger partial charge < -0.3 is 10.5 Å². The van der Waals surface area contributed by atoms with Crippen LogP contribution in [0.15, 0.2) is 0 Å². The molecular formula is C14H22ClN3O2S. The van der Waals surface area contributed by atoms with Crippen LogP contribution >= 0.6 is 23.7 Å². The maximum absolute atomic E-state index is 12.1. The summed E-state index contributed by atoms with van der Waals surface area (Å²) < 4.78 is 5.60. The van der Waals surface area contributed by atoms with E-state index >= 15 is 0 Å². The Hall–Kier alpha value is -0.690. The number of hydrogen-bond acceptors (Lipinski definition) is 5. The normalized spacial score (nSPS) is 27.8. The molecule has 1 aliphatic carbocycles. The number of anilines is 1. The van der Waals surface area contributed by atoms with Crippen LogP contribution in [-0.4, -0.2) is 29.6 Å². The lowest BCUT2D eigenvalue weighted by Gasteiger charge is -2.15. The highest BCUT2D eigenvalue weighted by Gasteiger charge is 2.30. The van der Waals surface area contributed by atoms with Crippen molar-refractivity contribution >= 4 is 34.8 Å². The zero-order valence-electron chi connectivity index (χ0n) is 12.1. The summed E-state index contributed by atoms with van der Waals surface area (Å²) in [6.45, 7) is 2.74. The largest absolute Gasteiger partial charge is 0.364 e. The van der Waals surface area contributed by atoms with Crippen LogP contribution in [0.25, 0.3) is 0 Å². The Morgan fingerprint density at radius 1 is 1.48 bits per heavy atom. The van der Waals surface area contributed by atoms with Crippen molar-refractivity contribution in [2.75, 3.05) is 11.9 Å². The van der Waals surface area contributed by atoms with Crippen LogP contribution in [0.2, 0.25) is 0 Å². The number of ether oxygens (including phenoxy) is 1. The van der Waals surface area contributed by atoms with Crippen molar-refractivity contribution < 1.29 is 9.53 Å². The van der Waals surface area contributed by atoms with Crippen LogP contribution in [0.5, 0.6) is 0 Å². The molecular weight excluding hydrogens is 310 g/mol. The molecule has 3 rings (SSSR count). The second kappa shape index (κ2) is 7.05. The van der Waals surface area contributed by atoms with E-state index in [-0.39, 0.29) is 30.5 Å². The van der Waals surface area contributed by atoms with Gasteiger partial charge in [0, 0.05) is 11.4 Å². The van der Waals surface area contributed by atoms with Crippen LogP contribution in [0, 0.1) is 5.92 Å². The van der Waals surface area contributed by atoms with E-state index < -0.39 is 0 Å². The molecule has 1 amide bonds. The van der Waals surface area contributed by atoms with Crippen LogP contribution < -0.4 is 11.1 Å². The predicted molar refractivity (Wildman–Crippen MR) is 86.1 cm³/mol. The number of amides is 1. The van der Waals surface area contributed by atoms with Gasteiger partial charge in [0.05, 0.1) is 11.8 Å². The van der Waals surface area contributed by atoms with Gasteiger partial charge in [-0.15, -0.1) is 23.7 Å². The molecule has 0 saturated carbocycles. The Morgan fingerprint density at radius 2 is 2.29 bits per heavy atom. The van der Waals surface area contributed by atoms with Crippen molar-refractivity contribution in [3.8, 4) is 0 Å². The van der Waals surface area contributed by atoms with Gasteiger partial charge in [0.2, 0.25) is 0 Å². The first kappa shape index (κ1) is 16.7. The lowest BCUT2D eigenvalue weighted by atomic mass is 9.93. The second-order valence-corrected chi connectivity index (χ2v) is 6.87. The van der Waals surface area contributed by atoms with Crippen molar-refractivity contribution in [3.63, 3.8) is 0 Å². The van der Waals surface area contributed by atoms with Gasteiger partial charge in [0.1, 0.15) is 6.10 Å². The molecule has 5 nitrogen and oxygen atoms in total. The quantitative estimate of drug-likeness (QED) is 0.889. The summed E-state index contributed by atoms with van der Waals surface area (Å²) in [5, 5.41) is 3.62. The average molecular weight is 332 g/mol. The Kier molecular flexibility index (Phi) is 5.60. The molecule has 118 valence electrons. The first-order valence-corrected chi connectivity index (χ1v) is 8.12. The molecule has 1 unspecified atom stereocenters. The molecule has 3 N–H and O–H groups in total. The number of nitrogens with one attached hydrogen (secondary N) is 1. The van der Waals surface area contributed by atoms with Crippen LogP contribution in [0.4, 0.5) is 5.13 Å². The van der Waals surface area contributed by atoms with E-state index in [4.69, 9.17) is 10.5 Å². The summed E-state index contributed by atoms with van der Waals surface area (Å²) in [7, 11) is 0. The average Bonchev–Trinajstić information content (AvgIpc) is 3.03. The fourth-order valence-corrected chi connectivity index (χ4v) is 4.03. The third kappa shape index (κ3) is 3.74. The number of thiazole rings is 1. The van der Waals surface area contributed by atoms with E-state index in [1.807, 2.05) is 0 Å². The molecule has 3 atom stereocenters. The second-order valence-electron chi connectivity index (χ2n) is 5.79. The number of carbonyl (C=O) groups excluding carboxylic acids is 1. The Bertz CT molecular complexity index is 508. The van der Waals surface area contributed by atoms with Gasteiger partial charge in [-0.05, 0) is 38.0 Å². The lowest BCUT2D eigenvalue weighted by Crippen LogP contribution is -2.29. The maximum atomic E-state index is 12.1. The number of fused-ring (bicyclic) bond motifs is 1. The number of nitrogens with zero attached hydrogens (tertiary/aromatic N) is 1. The zero-order valence-corrected chi connectivity index (χ0v) is 13.8. The van der Waals surface area contributed by atoms with E-state index in [2.05, 4.69) is 17.2 Å². The van der Waals surface area contributed by atoms with Crippen molar-refractivity contribution in [1.29, 1.82) is 0 Å². The summed E-state index contributed by atoms with van der Waals surface area (Å²) in [4.78, 5) is 18.0. The Labute approximate surface area is 135 Å². The third-order valence-electron chi connectivity index (χ3n) is 4.08. The number of hydrogen-bond donors (Lipinski definition) is 2. The molecule has 0 radical (unpaired) electrons. The number of aromatic nitrogens is 1. The minimum atomic E-state index is -0.372. The number of halogens is 1. The van der Waals surface area contributed by atoms with Crippen LogP contribution in [0.1, 0.15) is 36.8 Å². The first-order chi connectivity index (χ1) is 9.65. The Morgan fingerprint density at radius 3 is 3.00 bits per heavy atom. The molecule has 1 fully saturated rings. The molecule has 0 spiro atoms. The summed E-state index contributed by atoms with van der Waals surface area (Å²) in [5.41, 5.74) is 6.72. The van der Waals surface area contributed by atoms with Crippen molar-refractivity contribution in [3.05, 3.63) is 10.6 Å². The molecule has 1 aromatic rings. The molecule has 1 aliphatic heterocycles. The lowest BCUT2D eigenvalue weighted by molar-refractivity contribution is -0.126. The molecule has 1 saturated heterocycles. The maximum Gasteiger partial charge on any atom is 0.255 e. The van der Waals surface area contributed by atoms with Crippen LogP contribution in [-0.2, 0) is 22.4 Å². The van der Waals surface area contributed by atoms with Crippen molar-refractivity contribution in [1.82, 2.24) is 4.98 Å². The first-order valence-electron chi connectivity index (χ1n) is 7.30. The van der Waals surface area contributed by atoms with Gasteiger partial charge in [-0.1, -0.05) is 6.92 Å². The summed E-state index contributed by atoms with van der Waals surface area (Å²) in [5.74, 6) is 0.634. The highest BCUT2D eigenvalue weighted by molar-refractivity contribution is 7.15. The van der Waals surface area contributed by atoms with Crippen molar-refractivity contribution in [2.24, 2.45) is 11.7 Å². The fraction of sp³-hybridized carbons (Fsp3) is 0.714. The topological polar surface area (TPSA) is 77.2 Å². The number of rotatable bonds is 3. The molecule has 0 bridgehead atoms. The smallest absolute Gasteiger partial charge is 0.255 e. The summed E-state index contributed by atoms with van der Waals surface area (Å²) in [6.07, 6.45) is 4.56. The monoisotopic (exact) mass is 331 g/mol. The van der Waals surface area contributed by atoms with Crippen molar-refractivity contribution in [2.45, 2.75) is 51.2 Å². The molecule has 1 aromatic heterocycles. The van der Waals surface area contributed by atoms with E-state index in [1.54, 1.807) is 11.3 Å². The third-order valence-corrected chi connectivity index (χ3v) is 5.11. The molecule has 2 aliphatic rings. The minimum absolute atomic E-state index is 0. The van der Waals surface area contributed by atoms with E-state index in [0.717, 1.165) is 37.3 Å². The number of aryl methyl sites for hydroxylation is 1. The molecule has 2 heterocycles. The zero-order chi connectivity index (χ0) is 14.1. The van der Waals surface area contributed by atoms with Gasteiger partial charge in [0.25, 0.3) is 5.91 Å². The van der Waals surface area contributed by atoms with E-state index in [1.165, 1.54) is 11.3 Å².